The minimum Gasteiger partial charge on any atom is -0.347 e. The van der Waals surface area contributed by atoms with Gasteiger partial charge in [0, 0.05) is 11.2 Å². The highest BCUT2D eigenvalue weighted by Crippen LogP contribution is 2.28. The van der Waals surface area contributed by atoms with Crippen molar-refractivity contribution in [1.29, 1.82) is 0 Å². The third kappa shape index (κ3) is 2.58. The molecular weight excluding hydrogens is 266 g/mol. The normalized spacial score (nSPS) is 10.7. The maximum absolute atomic E-state index is 12.2. The SMILES string of the molecule is Cc1cccc2cc(C(=O)NCc3ccccc3)sc12. The molecule has 0 aliphatic heterocycles. The maximum atomic E-state index is 12.2. The zero-order valence-electron chi connectivity index (χ0n) is 11.2. The number of carbonyl (C=O) groups is 1. The van der Waals surface area contributed by atoms with Crippen LogP contribution in [-0.2, 0) is 6.54 Å². The highest BCUT2D eigenvalue weighted by molar-refractivity contribution is 7.21. The molecule has 1 aromatic heterocycles. The van der Waals surface area contributed by atoms with Crippen molar-refractivity contribution in [2.45, 2.75) is 13.5 Å². The number of hydrogen-bond donors (Lipinski definition) is 1. The van der Waals surface area contributed by atoms with Crippen LogP contribution in [0.3, 0.4) is 0 Å². The molecule has 2 nitrogen and oxygen atoms in total. The second-order valence-corrected chi connectivity index (χ2v) is 5.82. The molecule has 2 aromatic carbocycles. The third-order valence-corrected chi connectivity index (χ3v) is 4.55. The Morgan fingerprint density at radius 2 is 1.90 bits per heavy atom. The van der Waals surface area contributed by atoms with Gasteiger partial charge in [-0.15, -0.1) is 11.3 Å². The predicted octanol–water partition coefficient (Wildman–Crippen LogP) is 4.14. The van der Waals surface area contributed by atoms with Gasteiger partial charge >= 0.3 is 0 Å². The summed E-state index contributed by atoms with van der Waals surface area (Å²) in [5.74, 6) is -0.00514. The van der Waals surface area contributed by atoms with E-state index in [2.05, 4.69) is 18.3 Å². The molecule has 100 valence electrons. The van der Waals surface area contributed by atoms with Crippen molar-refractivity contribution in [3.8, 4) is 0 Å². The van der Waals surface area contributed by atoms with Crippen LogP contribution < -0.4 is 5.32 Å². The van der Waals surface area contributed by atoms with Gasteiger partial charge in [0.15, 0.2) is 0 Å². The summed E-state index contributed by atoms with van der Waals surface area (Å²) in [5, 5.41) is 4.11. The van der Waals surface area contributed by atoms with Crippen molar-refractivity contribution in [2.75, 3.05) is 0 Å². The third-order valence-electron chi connectivity index (χ3n) is 3.26. The van der Waals surface area contributed by atoms with E-state index in [0.29, 0.717) is 6.54 Å². The van der Waals surface area contributed by atoms with Crippen LogP contribution in [0.2, 0.25) is 0 Å². The number of amides is 1. The van der Waals surface area contributed by atoms with Gasteiger partial charge in [-0.25, -0.2) is 0 Å². The number of benzene rings is 2. The first kappa shape index (κ1) is 12.9. The second-order valence-electron chi connectivity index (χ2n) is 4.77. The molecule has 0 aliphatic carbocycles. The number of rotatable bonds is 3. The van der Waals surface area contributed by atoms with E-state index in [4.69, 9.17) is 0 Å². The number of fused-ring (bicyclic) bond motifs is 1. The van der Waals surface area contributed by atoms with Crippen LogP contribution in [0.1, 0.15) is 20.8 Å². The molecule has 0 atom stereocenters. The van der Waals surface area contributed by atoms with Gasteiger partial charge in [0.25, 0.3) is 5.91 Å². The lowest BCUT2D eigenvalue weighted by Gasteiger charge is -2.03. The summed E-state index contributed by atoms with van der Waals surface area (Å²) in [6.07, 6.45) is 0. The Morgan fingerprint density at radius 3 is 2.65 bits per heavy atom. The molecule has 1 heterocycles. The zero-order chi connectivity index (χ0) is 13.9. The van der Waals surface area contributed by atoms with E-state index in [0.717, 1.165) is 15.8 Å². The summed E-state index contributed by atoms with van der Waals surface area (Å²) in [7, 11) is 0. The molecule has 0 radical (unpaired) electrons. The first-order valence-electron chi connectivity index (χ1n) is 6.55. The summed E-state index contributed by atoms with van der Waals surface area (Å²) in [6, 6.07) is 18.1. The van der Waals surface area contributed by atoms with Crippen LogP contribution in [0.5, 0.6) is 0 Å². The van der Waals surface area contributed by atoms with Crippen LogP contribution in [0.4, 0.5) is 0 Å². The van der Waals surface area contributed by atoms with Crippen molar-refractivity contribution in [2.24, 2.45) is 0 Å². The summed E-state index contributed by atoms with van der Waals surface area (Å²) in [4.78, 5) is 13.0. The van der Waals surface area contributed by atoms with Gasteiger partial charge in [-0.3, -0.25) is 4.79 Å². The molecule has 0 aliphatic rings. The van der Waals surface area contributed by atoms with Crippen molar-refractivity contribution >= 4 is 27.3 Å². The first-order valence-corrected chi connectivity index (χ1v) is 7.37. The summed E-state index contributed by atoms with van der Waals surface area (Å²) in [5.41, 5.74) is 2.33. The Kier molecular flexibility index (Phi) is 3.52. The van der Waals surface area contributed by atoms with E-state index >= 15 is 0 Å². The average molecular weight is 281 g/mol. The Labute approximate surface area is 122 Å². The molecule has 1 N–H and O–H groups in total. The fraction of sp³-hybridized carbons (Fsp3) is 0.118. The molecule has 20 heavy (non-hydrogen) atoms. The number of thiophene rings is 1. The van der Waals surface area contributed by atoms with E-state index in [1.54, 1.807) is 11.3 Å². The Balaban J connectivity index is 1.77. The minimum atomic E-state index is -0.00514. The minimum absolute atomic E-state index is 0.00514. The van der Waals surface area contributed by atoms with Gasteiger partial charge in [0.05, 0.1) is 4.88 Å². The van der Waals surface area contributed by atoms with E-state index in [9.17, 15) is 4.79 Å². The maximum Gasteiger partial charge on any atom is 0.261 e. The molecule has 0 spiro atoms. The van der Waals surface area contributed by atoms with E-state index in [-0.39, 0.29) is 5.91 Å². The van der Waals surface area contributed by atoms with Crippen LogP contribution in [0.15, 0.2) is 54.6 Å². The Bertz CT molecular complexity index is 746. The van der Waals surface area contributed by atoms with Crippen molar-refractivity contribution in [1.82, 2.24) is 5.32 Å². The second kappa shape index (κ2) is 5.47. The monoisotopic (exact) mass is 281 g/mol. The molecular formula is C17H15NOS. The summed E-state index contributed by atoms with van der Waals surface area (Å²) in [6.45, 7) is 2.64. The van der Waals surface area contributed by atoms with Crippen LogP contribution in [-0.4, -0.2) is 5.91 Å². The number of carbonyl (C=O) groups excluding carboxylic acids is 1. The molecule has 3 heteroatoms. The smallest absolute Gasteiger partial charge is 0.261 e. The molecule has 0 saturated carbocycles. The van der Waals surface area contributed by atoms with E-state index < -0.39 is 0 Å². The lowest BCUT2D eigenvalue weighted by molar-refractivity contribution is 0.0955. The predicted molar refractivity (Wildman–Crippen MR) is 84.2 cm³/mol. The topological polar surface area (TPSA) is 29.1 Å². The molecule has 3 rings (SSSR count). The number of aryl methyl sites for hydroxylation is 1. The average Bonchev–Trinajstić information content (AvgIpc) is 2.91. The summed E-state index contributed by atoms with van der Waals surface area (Å²) >= 11 is 1.56. The van der Waals surface area contributed by atoms with Gasteiger partial charge in [-0.05, 0) is 29.5 Å². The van der Waals surface area contributed by atoms with E-state index in [1.807, 2.05) is 48.5 Å². The van der Waals surface area contributed by atoms with Crippen molar-refractivity contribution in [3.63, 3.8) is 0 Å². The fourth-order valence-electron chi connectivity index (χ4n) is 2.19. The van der Waals surface area contributed by atoms with Crippen molar-refractivity contribution < 1.29 is 4.79 Å². The molecule has 0 saturated heterocycles. The molecule has 1 amide bonds. The summed E-state index contributed by atoms with van der Waals surface area (Å²) < 4.78 is 1.19. The van der Waals surface area contributed by atoms with E-state index in [1.165, 1.54) is 10.3 Å². The van der Waals surface area contributed by atoms with Gasteiger partial charge in [-0.2, -0.15) is 0 Å². The van der Waals surface area contributed by atoms with Crippen LogP contribution in [0, 0.1) is 6.92 Å². The van der Waals surface area contributed by atoms with Gasteiger partial charge < -0.3 is 5.32 Å². The fourth-order valence-corrected chi connectivity index (χ4v) is 3.23. The zero-order valence-corrected chi connectivity index (χ0v) is 12.0. The lowest BCUT2D eigenvalue weighted by atomic mass is 10.2. The van der Waals surface area contributed by atoms with Gasteiger partial charge in [0.1, 0.15) is 0 Å². The largest absolute Gasteiger partial charge is 0.347 e. The number of nitrogens with one attached hydrogen (secondary N) is 1. The Morgan fingerprint density at radius 1 is 1.10 bits per heavy atom. The molecule has 0 fully saturated rings. The lowest BCUT2D eigenvalue weighted by Crippen LogP contribution is -2.21. The molecule has 3 aromatic rings. The van der Waals surface area contributed by atoms with Gasteiger partial charge in [0.2, 0.25) is 0 Å². The highest BCUT2D eigenvalue weighted by Gasteiger charge is 2.10. The van der Waals surface area contributed by atoms with Crippen LogP contribution >= 0.6 is 11.3 Å². The number of hydrogen-bond acceptors (Lipinski definition) is 2. The molecule has 0 unspecified atom stereocenters. The first-order chi connectivity index (χ1) is 9.74. The van der Waals surface area contributed by atoms with Crippen molar-refractivity contribution in [3.05, 3.63) is 70.6 Å². The Hall–Kier alpha value is -2.13. The molecule has 0 bridgehead atoms. The van der Waals surface area contributed by atoms with Crippen LogP contribution in [0.25, 0.3) is 10.1 Å². The highest BCUT2D eigenvalue weighted by atomic mass is 32.1. The standard InChI is InChI=1S/C17H15NOS/c1-12-6-5-9-14-10-15(20-16(12)14)17(19)18-11-13-7-3-2-4-8-13/h2-10H,11H2,1H3,(H,18,19). The quantitative estimate of drug-likeness (QED) is 0.768. The van der Waals surface area contributed by atoms with Gasteiger partial charge in [-0.1, -0.05) is 48.5 Å².